The predicted octanol–water partition coefficient (Wildman–Crippen LogP) is 3.49. The molecule has 0 atom stereocenters. The second-order valence-electron chi connectivity index (χ2n) is 6.04. The Hall–Kier alpha value is -2.82. The molecule has 0 saturated carbocycles. The Labute approximate surface area is 140 Å². The molecule has 4 rings (SSSR count). The number of fused-ring (bicyclic) bond motifs is 1. The molecular weight excluding hydrogens is 302 g/mol. The smallest absolute Gasteiger partial charge is 0.124 e. The van der Waals surface area contributed by atoms with Crippen molar-refractivity contribution in [2.24, 2.45) is 0 Å². The Bertz CT molecular complexity index is 915. The van der Waals surface area contributed by atoms with Gasteiger partial charge in [-0.2, -0.15) is 0 Å². The van der Waals surface area contributed by atoms with Gasteiger partial charge in [-0.15, -0.1) is 5.10 Å². The molecule has 0 spiro atoms. The number of aryl methyl sites for hydroxylation is 1. The minimum atomic E-state index is 0.755. The van der Waals surface area contributed by atoms with Crippen LogP contribution in [0.1, 0.15) is 16.7 Å². The maximum absolute atomic E-state index is 5.68. The number of methoxy groups -OCH3 is 1. The van der Waals surface area contributed by atoms with Gasteiger partial charge in [-0.1, -0.05) is 17.3 Å². The molecule has 0 unspecified atom stereocenters. The van der Waals surface area contributed by atoms with Crippen LogP contribution >= 0.6 is 0 Å². The standard InChI is InChI=1S/C19H19N3O2/c1-12-8-16(10-18(23-3)13(12)2)22-17(11-20-21-22)15-5-4-14-6-7-24-19(14)9-15/h4-5,8-11H,6-7H2,1-3H3. The molecule has 3 aromatic rings. The average molecular weight is 321 g/mol. The molecule has 0 amide bonds. The molecule has 0 aliphatic carbocycles. The van der Waals surface area contributed by atoms with Gasteiger partial charge in [-0.3, -0.25) is 0 Å². The third-order valence-corrected chi connectivity index (χ3v) is 4.61. The molecule has 0 bridgehead atoms. The van der Waals surface area contributed by atoms with Crippen LogP contribution in [0.2, 0.25) is 0 Å². The summed E-state index contributed by atoms with van der Waals surface area (Å²) >= 11 is 0. The number of nitrogens with zero attached hydrogens (tertiary/aromatic N) is 3. The lowest BCUT2D eigenvalue weighted by Crippen LogP contribution is -2.02. The lowest BCUT2D eigenvalue weighted by atomic mass is 10.1. The van der Waals surface area contributed by atoms with Crippen LogP contribution < -0.4 is 9.47 Å². The number of benzene rings is 2. The molecule has 122 valence electrons. The molecule has 1 aliphatic heterocycles. The fourth-order valence-electron chi connectivity index (χ4n) is 3.09. The van der Waals surface area contributed by atoms with E-state index in [4.69, 9.17) is 9.47 Å². The summed E-state index contributed by atoms with van der Waals surface area (Å²) in [5.41, 5.74) is 6.45. The largest absolute Gasteiger partial charge is 0.496 e. The van der Waals surface area contributed by atoms with Gasteiger partial charge >= 0.3 is 0 Å². The van der Waals surface area contributed by atoms with E-state index < -0.39 is 0 Å². The average Bonchev–Trinajstić information content (AvgIpc) is 3.25. The lowest BCUT2D eigenvalue weighted by Gasteiger charge is -2.13. The summed E-state index contributed by atoms with van der Waals surface area (Å²) in [5, 5.41) is 8.38. The van der Waals surface area contributed by atoms with E-state index in [2.05, 4.69) is 48.4 Å². The normalized spacial score (nSPS) is 12.8. The zero-order valence-electron chi connectivity index (χ0n) is 14.0. The molecule has 0 radical (unpaired) electrons. The molecule has 2 heterocycles. The number of ether oxygens (including phenoxy) is 2. The van der Waals surface area contributed by atoms with E-state index in [1.807, 2.05) is 10.7 Å². The van der Waals surface area contributed by atoms with Crippen molar-refractivity contribution in [3.05, 3.63) is 53.2 Å². The van der Waals surface area contributed by atoms with Crippen LogP contribution in [0.25, 0.3) is 16.9 Å². The van der Waals surface area contributed by atoms with Crippen LogP contribution in [0.3, 0.4) is 0 Å². The highest BCUT2D eigenvalue weighted by molar-refractivity contribution is 5.65. The quantitative estimate of drug-likeness (QED) is 0.741. The molecule has 2 aromatic carbocycles. The Kier molecular flexibility index (Phi) is 3.49. The molecule has 0 saturated heterocycles. The van der Waals surface area contributed by atoms with Gasteiger partial charge in [0.1, 0.15) is 11.5 Å². The highest BCUT2D eigenvalue weighted by atomic mass is 16.5. The number of aromatic nitrogens is 3. The Balaban J connectivity index is 1.82. The van der Waals surface area contributed by atoms with Crippen molar-refractivity contribution in [3.8, 4) is 28.4 Å². The summed E-state index contributed by atoms with van der Waals surface area (Å²) in [6.45, 7) is 4.88. The first kappa shape index (κ1) is 14.8. The third-order valence-electron chi connectivity index (χ3n) is 4.61. The number of rotatable bonds is 3. The first-order valence-electron chi connectivity index (χ1n) is 8.00. The molecule has 5 heteroatoms. The third kappa shape index (κ3) is 2.33. The number of hydrogen-bond donors (Lipinski definition) is 0. The first-order chi connectivity index (χ1) is 11.7. The summed E-state index contributed by atoms with van der Waals surface area (Å²) in [5.74, 6) is 1.81. The molecule has 1 aromatic heterocycles. The minimum absolute atomic E-state index is 0.755. The van der Waals surface area contributed by atoms with E-state index in [1.165, 1.54) is 5.56 Å². The molecule has 1 aliphatic rings. The maximum atomic E-state index is 5.68. The monoisotopic (exact) mass is 321 g/mol. The predicted molar refractivity (Wildman–Crippen MR) is 92.0 cm³/mol. The number of hydrogen-bond acceptors (Lipinski definition) is 4. The van der Waals surface area contributed by atoms with Crippen molar-refractivity contribution in [2.75, 3.05) is 13.7 Å². The zero-order chi connectivity index (χ0) is 16.7. The summed E-state index contributed by atoms with van der Waals surface area (Å²) in [6, 6.07) is 10.4. The van der Waals surface area contributed by atoms with Crippen molar-refractivity contribution in [3.63, 3.8) is 0 Å². The van der Waals surface area contributed by atoms with Crippen molar-refractivity contribution in [1.29, 1.82) is 0 Å². The Morgan fingerprint density at radius 1 is 1.17 bits per heavy atom. The SMILES string of the molecule is COc1cc(-n2nncc2-c2ccc3c(c2)OCC3)cc(C)c1C. The van der Waals surface area contributed by atoms with Crippen LogP contribution in [0.5, 0.6) is 11.5 Å². The summed E-state index contributed by atoms with van der Waals surface area (Å²) < 4.78 is 13.0. The van der Waals surface area contributed by atoms with Gasteiger partial charge in [0.25, 0.3) is 0 Å². The van der Waals surface area contributed by atoms with E-state index in [0.717, 1.165) is 52.6 Å². The van der Waals surface area contributed by atoms with Crippen molar-refractivity contribution in [2.45, 2.75) is 20.3 Å². The first-order valence-corrected chi connectivity index (χ1v) is 8.00. The van der Waals surface area contributed by atoms with E-state index in [9.17, 15) is 0 Å². The summed E-state index contributed by atoms with van der Waals surface area (Å²) in [4.78, 5) is 0. The molecular formula is C19H19N3O2. The van der Waals surface area contributed by atoms with Crippen LogP contribution in [0, 0.1) is 13.8 Å². The van der Waals surface area contributed by atoms with Crippen LogP contribution in [-0.4, -0.2) is 28.7 Å². The van der Waals surface area contributed by atoms with E-state index in [-0.39, 0.29) is 0 Å². The fourth-order valence-corrected chi connectivity index (χ4v) is 3.09. The van der Waals surface area contributed by atoms with E-state index >= 15 is 0 Å². The van der Waals surface area contributed by atoms with Gasteiger partial charge < -0.3 is 9.47 Å². The molecule has 0 fully saturated rings. The maximum Gasteiger partial charge on any atom is 0.124 e. The van der Waals surface area contributed by atoms with Crippen LogP contribution in [-0.2, 0) is 6.42 Å². The zero-order valence-corrected chi connectivity index (χ0v) is 14.0. The lowest BCUT2D eigenvalue weighted by molar-refractivity contribution is 0.357. The minimum Gasteiger partial charge on any atom is -0.496 e. The molecule has 24 heavy (non-hydrogen) atoms. The van der Waals surface area contributed by atoms with Gasteiger partial charge in [0.05, 0.1) is 31.3 Å². The van der Waals surface area contributed by atoms with Gasteiger partial charge in [0, 0.05) is 18.1 Å². The Morgan fingerprint density at radius 3 is 2.88 bits per heavy atom. The van der Waals surface area contributed by atoms with Crippen LogP contribution in [0.15, 0.2) is 36.5 Å². The van der Waals surface area contributed by atoms with Crippen molar-refractivity contribution in [1.82, 2.24) is 15.0 Å². The molecule has 0 N–H and O–H groups in total. The van der Waals surface area contributed by atoms with Gasteiger partial charge in [-0.05, 0) is 42.7 Å². The molecule has 5 nitrogen and oxygen atoms in total. The Morgan fingerprint density at radius 2 is 2.04 bits per heavy atom. The van der Waals surface area contributed by atoms with E-state index in [0.29, 0.717) is 0 Å². The second-order valence-corrected chi connectivity index (χ2v) is 6.04. The topological polar surface area (TPSA) is 49.2 Å². The second kappa shape index (κ2) is 5.67. The fraction of sp³-hybridized carbons (Fsp3) is 0.263. The van der Waals surface area contributed by atoms with E-state index in [1.54, 1.807) is 13.3 Å². The van der Waals surface area contributed by atoms with Crippen LogP contribution in [0.4, 0.5) is 0 Å². The summed E-state index contributed by atoms with van der Waals surface area (Å²) in [7, 11) is 1.69. The van der Waals surface area contributed by atoms with Gasteiger partial charge in [-0.25, -0.2) is 4.68 Å². The van der Waals surface area contributed by atoms with Crippen molar-refractivity contribution < 1.29 is 9.47 Å². The highest BCUT2D eigenvalue weighted by Gasteiger charge is 2.16. The highest BCUT2D eigenvalue weighted by Crippen LogP contribution is 2.32. The van der Waals surface area contributed by atoms with Gasteiger partial charge in [0.2, 0.25) is 0 Å². The summed E-state index contributed by atoms with van der Waals surface area (Å²) in [6.07, 6.45) is 2.75. The van der Waals surface area contributed by atoms with Crippen molar-refractivity contribution >= 4 is 0 Å². The van der Waals surface area contributed by atoms with Gasteiger partial charge in [0.15, 0.2) is 0 Å².